The SMILES string of the molecule is O=C(O)CCC(=O)O.O=C(O)[C@H](O)[C@@H](O)[C@H](O)[C@H](O)CO. The Labute approximate surface area is 118 Å². The van der Waals surface area contributed by atoms with Crippen molar-refractivity contribution in [1.29, 1.82) is 0 Å². The van der Waals surface area contributed by atoms with Gasteiger partial charge in [0.05, 0.1) is 19.4 Å². The molecule has 0 saturated heterocycles. The van der Waals surface area contributed by atoms with E-state index in [-0.39, 0.29) is 12.8 Å². The molecule has 11 nitrogen and oxygen atoms in total. The van der Waals surface area contributed by atoms with Gasteiger partial charge in [0.25, 0.3) is 0 Å². The smallest absolute Gasteiger partial charge is 0.335 e. The molecule has 4 atom stereocenters. The van der Waals surface area contributed by atoms with E-state index < -0.39 is 48.9 Å². The Bertz CT molecular complexity index is 328. The van der Waals surface area contributed by atoms with Crippen LogP contribution in [-0.2, 0) is 14.4 Å². The molecule has 21 heavy (non-hydrogen) atoms. The Balaban J connectivity index is 0. The second kappa shape index (κ2) is 10.9. The zero-order valence-corrected chi connectivity index (χ0v) is 10.7. The number of carboxylic acids is 3. The normalized spacial score (nSPS) is 15.9. The van der Waals surface area contributed by atoms with Gasteiger partial charge >= 0.3 is 17.9 Å². The van der Waals surface area contributed by atoms with Gasteiger partial charge in [0, 0.05) is 0 Å². The molecule has 0 aliphatic heterocycles. The molecule has 0 heterocycles. The maximum Gasteiger partial charge on any atom is 0.335 e. The minimum absolute atomic E-state index is 0.296. The Morgan fingerprint density at radius 1 is 0.762 bits per heavy atom. The summed E-state index contributed by atoms with van der Waals surface area (Å²) in [5.41, 5.74) is 0. The molecule has 0 aromatic carbocycles. The van der Waals surface area contributed by atoms with Gasteiger partial charge in [-0.3, -0.25) is 9.59 Å². The molecular formula is C10H18O11. The molecule has 0 aromatic rings. The lowest BCUT2D eigenvalue weighted by atomic mass is 10.0. The number of aliphatic hydroxyl groups is 5. The van der Waals surface area contributed by atoms with Crippen LogP contribution in [0.5, 0.6) is 0 Å². The van der Waals surface area contributed by atoms with Crippen LogP contribution in [0.4, 0.5) is 0 Å². The van der Waals surface area contributed by atoms with Crippen molar-refractivity contribution < 1.29 is 55.2 Å². The molecule has 0 fully saturated rings. The van der Waals surface area contributed by atoms with E-state index in [0.717, 1.165) is 0 Å². The van der Waals surface area contributed by atoms with Gasteiger partial charge in [-0.2, -0.15) is 0 Å². The Kier molecular flexibility index (Phi) is 11.2. The summed E-state index contributed by atoms with van der Waals surface area (Å²) < 4.78 is 0. The number of carbonyl (C=O) groups is 3. The van der Waals surface area contributed by atoms with Crippen LogP contribution in [0.15, 0.2) is 0 Å². The molecule has 11 heteroatoms. The predicted octanol–water partition coefficient (Wildman–Crippen LogP) is -3.56. The number of carboxylic acid groups (broad SMARTS) is 3. The topological polar surface area (TPSA) is 213 Å². The lowest BCUT2D eigenvalue weighted by Crippen LogP contribution is -2.48. The fraction of sp³-hybridized carbons (Fsp3) is 0.700. The molecule has 0 radical (unpaired) electrons. The van der Waals surface area contributed by atoms with Crippen molar-refractivity contribution in [3.8, 4) is 0 Å². The summed E-state index contributed by atoms with van der Waals surface area (Å²) in [6, 6.07) is 0. The summed E-state index contributed by atoms with van der Waals surface area (Å²) in [5, 5.41) is 67.6. The van der Waals surface area contributed by atoms with Crippen LogP contribution in [0.2, 0.25) is 0 Å². The highest BCUT2D eigenvalue weighted by Gasteiger charge is 2.33. The highest BCUT2D eigenvalue weighted by Crippen LogP contribution is 2.04. The minimum atomic E-state index is -2.20. The summed E-state index contributed by atoms with van der Waals surface area (Å²) in [6.45, 7) is -0.843. The van der Waals surface area contributed by atoms with Crippen LogP contribution in [-0.4, -0.2) is 89.8 Å². The van der Waals surface area contributed by atoms with Gasteiger partial charge in [0.2, 0.25) is 0 Å². The van der Waals surface area contributed by atoms with Crippen molar-refractivity contribution in [3.05, 3.63) is 0 Å². The zero-order valence-electron chi connectivity index (χ0n) is 10.7. The average molecular weight is 314 g/mol. The third-order valence-electron chi connectivity index (χ3n) is 2.06. The quantitative estimate of drug-likeness (QED) is 0.219. The second-order valence-electron chi connectivity index (χ2n) is 3.80. The number of hydrogen-bond acceptors (Lipinski definition) is 8. The molecule has 0 unspecified atom stereocenters. The van der Waals surface area contributed by atoms with Crippen molar-refractivity contribution in [3.63, 3.8) is 0 Å². The lowest BCUT2D eigenvalue weighted by molar-refractivity contribution is -0.164. The Morgan fingerprint density at radius 3 is 1.38 bits per heavy atom. The predicted molar refractivity (Wildman–Crippen MR) is 63.3 cm³/mol. The maximum atomic E-state index is 10.1. The van der Waals surface area contributed by atoms with E-state index in [9.17, 15) is 14.4 Å². The van der Waals surface area contributed by atoms with E-state index in [1.54, 1.807) is 0 Å². The van der Waals surface area contributed by atoms with E-state index in [1.165, 1.54) is 0 Å². The van der Waals surface area contributed by atoms with Crippen LogP contribution in [0.25, 0.3) is 0 Å². The van der Waals surface area contributed by atoms with Crippen molar-refractivity contribution in [1.82, 2.24) is 0 Å². The highest BCUT2D eigenvalue weighted by molar-refractivity contribution is 5.75. The molecular weight excluding hydrogens is 296 g/mol. The van der Waals surface area contributed by atoms with Crippen molar-refractivity contribution in [2.75, 3.05) is 6.61 Å². The van der Waals surface area contributed by atoms with Gasteiger partial charge in [-0.15, -0.1) is 0 Å². The number of aliphatic hydroxyl groups excluding tert-OH is 5. The fourth-order valence-electron chi connectivity index (χ4n) is 0.882. The summed E-state index contributed by atoms with van der Waals surface area (Å²) >= 11 is 0. The molecule has 0 aliphatic rings. The monoisotopic (exact) mass is 314 g/mol. The first kappa shape index (κ1) is 21.5. The van der Waals surface area contributed by atoms with E-state index in [2.05, 4.69) is 0 Å². The molecule has 0 rings (SSSR count). The molecule has 0 spiro atoms. The largest absolute Gasteiger partial charge is 0.481 e. The summed E-state index contributed by atoms with van der Waals surface area (Å²) in [4.78, 5) is 29.4. The first-order chi connectivity index (χ1) is 9.54. The average Bonchev–Trinajstić information content (AvgIpc) is 2.42. The number of aliphatic carboxylic acids is 3. The van der Waals surface area contributed by atoms with Gasteiger partial charge in [-0.25, -0.2) is 4.79 Å². The molecule has 8 N–H and O–H groups in total. The summed E-state index contributed by atoms with van der Waals surface area (Å²) in [5.74, 6) is -3.88. The number of hydrogen-bond donors (Lipinski definition) is 8. The highest BCUT2D eigenvalue weighted by atomic mass is 16.4. The van der Waals surface area contributed by atoms with E-state index in [1.807, 2.05) is 0 Å². The van der Waals surface area contributed by atoms with Crippen LogP contribution in [0.1, 0.15) is 12.8 Å². The van der Waals surface area contributed by atoms with Gasteiger partial charge in [-0.05, 0) is 0 Å². The third kappa shape index (κ3) is 10.6. The molecule has 0 aliphatic carbocycles. The van der Waals surface area contributed by atoms with E-state index >= 15 is 0 Å². The summed E-state index contributed by atoms with van der Waals surface area (Å²) in [7, 11) is 0. The van der Waals surface area contributed by atoms with Gasteiger partial charge in [0.15, 0.2) is 6.10 Å². The molecule has 0 amide bonds. The minimum Gasteiger partial charge on any atom is -0.481 e. The molecule has 0 saturated carbocycles. The third-order valence-corrected chi connectivity index (χ3v) is 2.06. The van der Waals surface area contributed by atoms with Gasteiger partial charge < -0.3 is 40.9 Å². The lowest BCUT2D eigenvalue weighted by Gasteiger charge is -2.23. The van der Waals surface area contributed by atoms with E-state index in [0.29, 0.717) is 0 Å². The maximum absolute atomic E-state index is 10.1. The van der Waals surface area contributed by atoms with Crippen LogP contribution in [0, 0.1) is 0 Å². The Hall–Kier alpha value is -1.79. The van der Waals surface area contributed by atoms with Gasteiger partial charge in [-0.1, -0.05) is 0 Å². The first-order valence-electron chi connectivity index (χ1n) is 5.54. The fourth-order valence-corrected chi connectivity index (χ4v) is 0.882. The zero-order chi connectivity index (χ0) is 17.2. The summed E-state index contributed by atoms with van der Waals surface area (Å²) in [6.07, 6.45) is -8.43. The van der Waals surface area contributed by atoms with Crippen molar-refractivity contribution >= 4 is 17.9 Å². The van der Waals surface area contributed by atoms with Crippen molar-refractivity contribution in [2.45, 2.75) is 37.3 Å². The Morgan fingerprint density at radius 2 is 1.14 bits per heavy atom. The molecule has 0 aromatic heterocycles. The molecule has 124 valence electrons. The van der Waals surface area contributed by atoms with Crippen LogP contribution >= 0.6 is 0 Å². The van der Waals surface area contributed by atoms with Gasteiger partial charge in [0.1, 0.15) is 18.3 Å². The van der Waals surface area contributed by atoms with Crippen LogP contribution in [0.3, 0.4) is 0 Å². The van der Waals surface area contributed by atoms with Crippen molar-refractivity contribution in [2.24, 2.45) is 0 Å². The standard InChI is InChI=1S/C6H12O7.C4H6O4/c7-1-2(8)3(9)4(10)5(11)6(12)13;5-3(6)1-2-4(7)8/h2-5,7-11H,1H2,(H,12,13);1-2H2,(H,5,6)(H,7,8)/t2-,3-,4+,5-;/m1./s1. The first-order valence-corrected chi connectivity index (χ1v) is 5.54. The number of rotatable bonds is 8. The van der Waals surface area contributed by atoms with E-state index in [4.69, 9.17) is 40.9 Å². The molecule has 0 bridgehead atoms. The van der Waals surface area contributed by atoms with Crippen LogP contribution < -0.4 is 0 Å². The second-order valence-corrected chi connectivity index (χ2v) is 3.80.